The topological polar surface area (TPSA) is 29.1 Å². The molecule has 1 saturated carbocycles. The fourth-order valence-electron chi connectivity index (χ4n) is 3.59. The van der Waals surface area contributed by atoms with Crippen molar-refractivity contribution in [1.82, 2.24) is 5.32 Å². The van der Waals surface area contributed by atoms with Gasteiger partial charge in [0, 0.05) is 17.1 Å². The first-order valence-corrected chi connectivity index (χ1v) is 9.42. The molecule has 3 rings (SSSR count). The van der Waals surface area contributed by atoms with E-state index in [9.17, 15) is 9.18 Å². The molecule has 0 radical (unpaired) electrons. The molecule has 1 N–H and O–H groups in total. The van der Waals surface area contributed by atoms with Crippen molar-refractivity contribution in [2.45, 2.75) is 62.3 Å². The van der Waals surface area contributed by atoms with E-state index in [0.29, 0.717) is 6.42 Å². The zero-order valence-corrected chi connectivity index (χ0v) is 13.8. The summed E-state index contributed by atoms with van der Waals surface area (Å²) in [7, 11) is 0. The van der Waals surface area contributed by atoms with Gasteiger partial charge in [0.15, 0.2) is 0 Å². The molecule has 1 aromatic rings. The third-order valence-electron chi connectivity index (χ3n) is 4.85. The third-order valence-corrected chi connectivity index (χ3v) is 5.97. The Labute approximate surface area is 136 Å². The monoisotopic (exact) mass is 321 g/mol. The van der Waals surface area contributed by atoms with E-state index in [4.69, 9.17) is 0 Å². The summed E-state index contributed by atoms with van der Waals surface area (Å²) < 4.78 is 13.5. The van der Waals surface area contributed by atoms with Crippen LogP contribution in [-0.2, 0) is 4.79 Å². The maximum Gasteiger partial charge on any atom is 0.220 e. The first kappa shape index (κ1) is 15.9. The largest absolute Gasteiger partial charge is 0.349 e. The number of thioether (sulfide) groups is 1. The van der Waals surface area contributed by atoms with Crippen molar-refractivity contribution < 1.29 is 9.18 Å². The first-order chi connectivity index (χ1) is 10.7. The second kappa shape index (κ2) is 7.49. The summed E-state index contributed by atoms with van der Waals surface area (Å²) in [5.41, 5.74) is 0.947. The number of amides is 1. The molecule has 1 atom stereocenters. The highest BCUT2D eigenvalue weighted by Crippen LogP contribution is 2.36. The summed E-state index contributed by atoms with van der Waals surface area (Å²) in [6.45, 7) is 0. The Morgan fingerprint density at radius 2 is 2.05 bits per heavy atom. The predicted octanol–water partition coefficient (Wildman–Crippen LogP) is 4.84. The highest BCUT2D eigenvalue weighted by atomic mass is 32.2. The standard InChI is InChI=1S/C18H24FNOS/c19-14-7-8-17-15(12-14)16(10-11-22-17)20-18(21)9-6-13-4-2-1-3-5-13/h7-8,12-13,16H,1-6,9-11H2,(H,20,21). The van der Waals surface area contributed by atoms with Gasteiger partial charge in [-0.25, -0.2) is 4.39 Å². The molecule has 0 saturated heterocycles. The molecule has 1 aliphatic heterocycles. The zero-order chi connectivity index (χ0) is 15.4. The van der Waals surface area contributed by atoms with Crippen LogP contribution in [-0.4, -0.2) is 11.7 Å². The lowest BCUT2D eigenvalue weighted by atomic mass is 9.86. The molecule has 2 aliphatic rings. The van der Waals surface area contributed by atoms with Gasteiger partial charge < -0.3 is 5.32 Å². The summed E-state index contributed by atoms with van der Waals surface area (Å²) in [5, 5.41) is 3.12. The zero-order valence-electron chi connectivity index (χ0n) is 12.9. The minimum atomic E-state index is -0.220. The molecule has 1 amide bonds. The van der Waals surface area contributed by atoms with Crippen LogP contribution in [0.15, 0.2) is 23.1 Å². The molecule has 22 heavy (non-hydrogen) atoms. The number of hydrogen-bond acceptors (Lipinski definition) is 2. The van der Waals surface area contributed by atoms with Crippen molar-refractivity contribution in [3.05, 3.63) is 29.6 Å². The summed E-state index contributed by atoms with van der Waals surface area (Å²) >= 11 is 1.75. The number of hydrogen-bond donors (Lipinski definition) is 1. The van der Waals surface area contributed by atoms with Crippen molar-refractivity contribution in [3.8, 4) is 0 Å². The summed E-state index contributed by atoms with van der Waals surface area (Å²) in [4.78, 5) is 13.3. The van der Waals surface area contributed by atoms with E-state index in [1.807, 2.05) is 6.07 Å². The molecular formula is C18H24FNOS. The second-order valence-corrected chi connectivity index (χ2v) is 7.62. The molecule has 1 aliphatic carbocycles. The van der Waals surface area contributed by atoms with Crippen LogP contribution < -0.4 is 5.32 Å². The van der Waals surface area contributed by atoms with Gasteiger partial charge in [-0.1, -0.05) is 32.1 Å². The molecule has 4 heteroatoms. The fraction of sp³-hybridized carbons (Fsp3) is 0.611. The Morgan fingerprint density at radius 3 is 2.86 bits per heavy atom. The Balaban J connectivity index is 1.54. The van der Waals surface area contributed by atoms with E-state index < -0.39 is 0 Å². The number of benzene rings is 1. The minimum absolute atomic E-state index is 0.0224. The van der Waals surface area contributed by atoms with Crippen LogP contribution in [0.2, 0.25) is 0 Å². The molecule has 120 valence electrons. The van der Waals surface area contributed by atoms with Gasteiger partial charge in [-0.15, -0.1) is 11.8 Å². The van der Waals surface area contributed by atoms with Crippen molar-refractivity contribution in [2.75, 3.05) is 5.75 Å². The lowest BCUT2D eigenvalue weighted by Crippen LogP contribution is -2.31. The van der Waals surface area contributed by atoms with Gasteiger partial charge in [-0.3, -0.25) is 4.79 Å². The SMILES string of the molecule is O=C(CCC1CCCCC1)NC1CCSc2ccc(F)cc21. The van der Waals surface area contributed by atoms with E-state index in [1.54, 1.807) is 17.8 Å². The molecule has 1 aromatic carbocycles. The molecular weight excluding hydrogens is 297 g/mol. The minimum Gasteiger partial charge on any atom is -0.349 e. The molecule has 1 fully saturated rings. The van der Waals surface area contributed by atoms with Gasteiger partial charge in [-0.05, 0) is 42.5 Å². The number of carbonyl (C=O) groups is 1. The number of carbonyl (C=O) groups excluding carboxylic acids is 1. The Bertz CT molecular complexity index is 528. The van der Waals surface area contributed by atoms with Gasteiger partial charge in [0.05, 0.1) is 6.04 Å². The van der Waals surface area contributed by atoms with Gasteiger partial charge in [0.1, 0.15) is 5.82 Å². The van der Waals surface area contributed by atoms with Crippen LogP contribution in [0.25, 0.3) is 0 Å². The van der Waals surface area contributed by atoms with Crippen LogP contribution in [0.5, 0.6) is 0 Å². The molecule has 0 spiro atoms. The molecule has 2 nitrogen and oxygen atoms in total. The number of rotatable bonds is 4. The van der Waals surface area contributed by atoms with E-state index >= 15 is 0 Å². The van der Waals surface area contributed by atoms with Crippen LogP contribution in [0.4, 0.5) is 4.39 Å². The first-order valence-electron chi connectivity index (χ1n) is 8.44. The highest BCUT2D eigenvalue weighted by Gasteiger charge is 2.23. The number of nitrogens with one attached hydrogen (secondary N) is 1. The molecule has 1 unspecified atom stereocenters. The lowest BCUT2D eigenvalue weighted by Gasteiger charge is -2.26. The van der Waals surface area contributed by atoms with E-state index in [-0.39, 0.29) is 17.8 Å². The van der Waals surface area contributed by atoms with Crippen LogP contribution in [0.3, 0.4) is 0 Å². The van der Waals surface area contributed by atoms with Crippen molar-refractivity contribution in [1.29, 1.82) is 0 Å². The average molecular weight is 321 g/mol. The third kappa shape index (κ3) is 4.03. The Kier molecular flexibility index (Phi) is 5.40. The maximum atomic E-state index is 13.5. The van der Waals surface area contributed by atoms with Gasteiger partial charge >= 0.3 is 0 Å². The normalized spacial score (nSPS) is 22.1. The van der Waals surface area contributed by atoms with Gasteiger partial charge in [-0.2, -0.15) is 0 Å². The fourth-order valence-corrected chi connectivity index (χ4v) is 4.70. The number of fused-ring (bicyclic) bond motifs is 1. The maximum absolute atomic E-state index is 13.5. The Morgan fingerprint density at radius 1 is 1.23 bits per heavy atom. The smallest absolute Gasteiger partial charge is 0.220 e. The van der Waals surface area contributed by atoms with Gasteiger partial charge in [0.2, 0.25) is 5.91 Å². The highest BCUT2D eigenvalue weighted by molar-refractivity contribution is 7.99. The molecule has 1 heterocycles. The van der Waals surface area contributed by atoms with E-state index in [1.165, 1.54) is 38.2 Å². The molecule has 0 aromatic heterocycles. The molecule has 0 bridgehead atoms. The summed E-state index contributed by atoms with van der Waals surface area (Å²) in [6.07, 6.45) is 9.05. The van der Waals surface area contributed by atoms with E-state index in [2.05, 4.69) is 5.32 Å². The quantitative estimate of drug-likeness (QED) is 0.860. The summed E-state index contributed by atoms with van der Waals surface area (Å²) in [6, 6.07) is 4.88. The number of halogens is 1. The van der Waals surface area contributed by atoms with Gasteiger partial charge in [0.25, 0.3) is 0 Å². The van der Waals surface area contributed by atoms with Crippen molar-refractivity contribution in [2.24, 2.45) is 5.92 Å². The van der Waals surface area contributed by atoms with Crippen molar-refractivity contribution >= 4 is 17.7 Å². The Hall–Kier alpha value is -1.03. The van der Waals surface area contributed by atoms with Crippen LogP contribution >= 0.6 is 11.8 Å². The lowest BCUT2D eigenvalue weighted by molar-refractivity contribution is -0.122. The average Bonchev–Trinajstić information content (AvgIpc) is 2.54. The van der Waals surface area contributed by atoms with Crippen molar-refractivity contribution in [3.63, 3.8) is 0 Å². The predicted molar refractivity (Wildman–Crippen MR) is 88.4 cm³/mol. The van der Waals surface area contributed by atoms with Crippen LogP contribution in [0, 0.1) is 11.7 Å². The van der Waals surface area contributed by atoms with Crippen LogP contribution in [0.1, 0.15) is 63.0 Å². The summed E-state index contributed by atoms with van der Waals surface area (Å²) in [5.74, 6) is 1.61. The second-order valence-electron chi connectivity index (χ2n) is 6.48. The van der Waals surface area contributed by atoms with E-state index in [0.717, 1.165) is 35.0 Å².